The highest BCUT2D eigenvalue weighted by molar-refractivity contribution is 7.13. The Morgan fingerprint density at radius 3 is 2.73 bits per heavy atom. The molecule has 0 unspecified atom stereocenters. The highest BCUT2D eigenvalue weighted by Gasteiger charge is 2.21. The molecule has 1 aliphatic heterocycles. The van der Waals surface area contributed by atoms with Crippen LogP contribution in [-0.2, 0) is 11.3 Å². The number of carbonyl (C=O) groups is 1. The van der Waals surface area contributed by atoms with Gasteiger partial charge in [0.1, 0.15) is 17.2 Å². The highest BCUT2D eigenvalue weighted by Crippen LogP contribution is 2.20. The summed E-state index contributed by atoms with van der Waals surface area (Å²) in [4.78, 5) is 33.6. The maximum absolute atomic E-state index is 12.4. The molecule has 2 aromatic heterocycles. The van der Waals surface area contributed by atoms with Crippen molar-refractivity contribution in [3.63, 3.8) is 0 Å². The molecule has 3 heterocycles. The normalized spacial score (nSPS) is 16.4. The minimum absolute atomic E-state index is 0.0209. The van der Waals surface area contributed by atoms with Crippen molar-refractivity contribution in [2.24, 2.45) is 0 Å². The molecule has 1 fully saturated rings. The third-order valence-corrected chi connectivity index (χ3v) is 4.96. The second kappa shape index (κ2) is 5.69. The molecule has 8 heteroatoms. The average Bonchev–Trinajstić information content (AvgIpc) is 2.75. The molecule has 0 bridgehead atoms. The zero-order chi connectivity index (χ0) is 15.9. The van der Waals surface area contributed by atoms with Crippen LogP contribution in [0.3, 0.4) is 0 Å². The Labute approximate surface area is 132 Å². The molecular formula is C14H19N5O2S. The minimum atomic E-state index is -0.160. The van der Waals surface area contributed by atoms with Gasteiger partial charge in [0.15, 0.2) is 0 Å². The Balaban J connectivity index is 1.85. The number of hydrogen-bond donors (Lipinski definition) is 1. The van der Waals surface area contributed by atoms with E-state index in [1.165, 1.54) is 15.5 Å². The van der Waals surface area contributed by atoms with Crippen molar-refractivity contribution in [3.05, 3.63) is 22.0 Å². The first-order valence-corrected chi connectivity index (χ1v) is 7.96. The van der Waals surface area contributed by atoms with Gasteiger partial charge < -0.3 is 15.5 Å². The van der Waals surface area contributed by atoms with Crippen LogP contribution >= 0.6 is 11.5 Å². The number of anilines is 1. The van der Waals surface area contributed by atoms with E-state index < -0.39 is 0 Å². The Morgan fingerprint density at radius 2 is 2.05 bits per heavy atom. The topological polar surface area (TPSA) is 84.5 Å². The Kier molecular flexibility index (Phi) is 3.88. The molecule has 3 rings (SSSR count). The Morgan fingerprint density at radius 1 is 1.36 bits per heavy atom. The van der Waals surface area contributed by atoms with Crippen molar-refractivity contribution in [3.8, 4) is 0 Å². The number of amides is 1. The number of carbonyl (C=O) groups excluding carboxylic acids is 1. The van der Waals surface area contributed by atoms with E-state index in [0.29, 0.717) is 29.1 Å². The van der Waals surface area contributed by atoms with Crippen LogP contribution in [0.25, 0.3) is 10.2 Å². The van der Waals surface area contributed by atoms with Gasteiger partial charge in [0.05, 0.1) is 5.39 Å². The Bertz CT molecular complexity index is 773. The molecule has 1 amide bonds. The van der Waals surface area contributed by atoms with Crippen molar-refractivity contribution < 1.29 is 4.79 Å². The van der Waals surface area contributed by atoms with E-state index in [0.717, 1.165) is 18.7 Å². The Hall–Kier alpha value is -1.93. The lowest BCUT2D eigenvalue weighted by molar-refractivity contribution is -0.133. The van der Waals surface area contributed by atoms with Crippen LogP contribution in [0, 0.1) is 6.92 Å². The third-order valence-electron chi connectivity index (χ3n) is 3.98. The number of rotatable bonds is 2. The summed E-state index contributed by atoms with van der Waals surface area (Å²) in [6.45, 7) is 5.05. The highest BCUT2D eigenvalue weighted by atomic mass is 32.1. The van der Waals surface area contributed by atoms with E-state index in [1.54, 1.807) is 6.07 Å². The first kappa shape index (κ1) is 15.0. The standard InChI is InChI=1S/C14H19N5O2S/c1-9-7-10(15)16-13-12(9)14(21)19(22-13)8-11(20)18-5-3-17(2)4-6-18/h7H,3-6,8H2,1-2H3,(H2,15,16). The average molecular weight is 321 g/mol. The van der Waals surface area contributed by atoms with Gasteiger partial charge in [0.25, 0.3) is 5.56 Å². The largest absolute Gasteiger partial charge is 0.384 e. The maximum Gasteiger partial charge on any atom is 0.270 e. The zero-order valence-corrected chi connectivity index (χ0v) is 13.5. The van der Waals surface area contributed by atoms with Gasteiger partial charge >= 0.3 is 0 Å². The van der Waals surface area contributed by atoms with E-state index in [4.69, 9.17) is 5.73 Å². The van der Waals surface area contributed by atoms with Gasteiger partial charge in [-0.2, -0.15) is 0 Å². The van der Waals surface area contributed by atoms with Crippen molar-refractivity contribution in [1.82, 2.24) is 18.7 Å². The molecule has 1 saturated heterocycles. The van der Waals surface area contributed by atoms with Crippen LogP contribution in [-0.4, -0.2) is 57.9 Å². The van der Waals surface area contributed by atoms with Gasteiger partial charge in [-0.1, -0.05) is 0 Å². The summed E-state index contributed by atoms with van der Waals surface area (Å²) in [5.74, 6) is 0.371. The summed E-state index contributed by atoms with van der Waals surface area (Å²) in [6.07, 6.45) is 0. The lowest BCUT2D eigenvalue weighted by Gasteiger charge is -2.32. The van der Waals surface area contributed by atoms with Gasteiger partial charge in [-0.3, -0.25) is 13.5 Å². The molecule has 118 valence electrons. The second-order valence-corrected chi connectivity index (χ2v) is 6.67. The molecule has 1 aliphatic rings. The van der Waals surface area contributed by atoms with Gasteiger partial charge in [0.2, 0.25) is 5.91 Å². The van der Waals surface area contributed by atoms with E-state index in [2.05, 4.69) is 9.88 Å². The fourth-order valence-corrected chi connectivity index (χ4v) is 3.69. The van der Waals surface area contributed by atoms with Gasteiger partial charge in [-0.05, 0) is 37.1 Å². The third kappa shape index (κ3) is 2.71. The lowest BCUT2D eigenvalue weighted by atomic mass is 10.2. The monoisotopic (exact) mass is 321 g/mol. The summed E-state index contributed by atoms with van der Waals surface area (Å²) in [6, 6.07) is 1.68. The number of nitrogens with zero attached hydrogens (tertiary/aromatic N) is 4. The van der Waals surface area contributed by atoms with Gasteiger partial charge in [-0.25, -0.2) is 4.98 Å². The zero-order valence-electron chi connectivity index (χ0n) is 12.7. The van der Waals surface area contributed by atoms with Crippen molar-refractivity contribution in [2.45, 2.75) is 13.5 Å². The number of aromatic nitrogens is 2. The van der Waals surface area contributed by atoms with Crippen molar-refractivity contribution in [2.75, 3.05) is 39.0 Å². The van der Waals surface area contributed by atoms with E-state index >= 15 is 0 Å². The molecule has 0 aromatic carbocycles. The van der Waals surface area contributed by atoms with Crippen LogP contribution in [0.4, 0.5) is 5.82 Å². The van der Waals surface area contributed by atoms with Crippen LogP contribution in [0.1, 0.15) is 5.56 Å². The number of aryl methyl sites for hydroxylation is 1. The van der Waals surface area contributed by atoms with Crippen LogP contribution in [0.5, 0.6) is 0 Å². The molecule has 0 atom stereocenters. The van der Waals surface area contributed by atoms with Crippen LogP contribution in [0.15, 0.2) is 10.9 Å². The molecule has 0 saturated carbocycles. The number of hydrogen-bond acceptors (Lipinski definition) is 6. The van der Waals surface area contributed by atoms with E-state index in [1.807, 2.05) is 18.9 Å². The van der Waals surface area contributed by atoms with Gasteiger partial charge in [-0.15, -0.1) is 0 Å². The summed E-state index contributed by atoms with van der Waals surface area (Å²) in [5, 5.41) is 0.561. The first-order valence-electron chi connectivity index (χ1n) is 7.19. The van der Waals surface area contributed by atoms with Gasteiger partial charge in [0, 0.05) is 26.2 Å². The second-order valence-electron chi connectivity index (χ2n) is 5.66. The summed E-state index contributed by atoms with van der Waals surface area (Å²) >= 11 is 1.20. The molecule has 0 spiro atoms. The molecule has 0 aliphatic carbocycles. The number of nitrogens with two attached hydrogens (primary N) is 1. The number of pyridine rings is 1. The number of fused-ring (bicyclic) bond motifs is 1. The summed E-state index contributed by atoms with van der Waals surface area (Å²) in [5.41, 5.74) is 6.36. The van der Waals surface area contributed by atoms with Crippen LogP contribution < -0.4 is 11.3 Å². The number of piperazine rings is 1. The minimum Gasteiger partial charge on any atom is -0.384 e. The van der Waals surface area contributed by atoms with E-state index in [-0.39, 0.29) is 18.0 Å². The summed E-state index contributed by atoms with van der Waals surface area (Å²) in [7, 11) is 2.04. The van der Waals surface area contributed by atoms with Crippen molar-refractivity contribution >= 4 is 33.5 Å². The predicted molar refractivity (Wildman–Crippen MR) is 87.1 cm³/mol. The fraction of sp³-hybridized carbons (Fsp3) is 0.500. The molecule has 0 radical (unpaired) electrons. The molecular weight excluding hydrogens is 302 g/mol. The quantitative estimate of drug-likeness (QED) is 0.849. The smallest absolute Gasteiger partial charge is 0.270 e. The fourth-order valence-electron chi connectivity index (χ4n) is 2.65. The summed E-state index contributed by atoms with van der Waals surface area (Å²) < 4.78 is 1.48. The first-order chi connectivity index (χ1) is 10.5. The maximum atomic E-state index is 12.4. The molecule has 22 heavy (non-hydrogen) atoms. The SMILES string of the molecule is Cc1cc(N)nc2sn(CC(=O)N3CCN(C)CC3)c(=O)c12. The lowest BCUT2D eigenvalue weighted by Crippen LogP contribution is -2.48. The number of nitrogen functional groups attached to an aromatic ring is 1. The van der Waals surface area contributed by atoms with Crippen LogP contribution in [0.2, 0.25) is 0 Å². The molecule has 2 aromatic rings. The van der Waals surface area contributed by atoms with E-state index in [9.17, 15) is 9.59 Å². The van der Waals surface area contributed by atoms with Crippen molar-refractivity contribution in [1.29, 1.82) is 0 Å². The molecule has 7 nitrogen and oxygen atoms in total. The number of likely N-dealkylation sites (N-methyl/N-ethyl adjacent to an activating group) is 1. The predicted octanol–water partition coefficient (Wildman–Crippen LogP) is 0.123. The molecule has 2 N–H and O–H groups in total.